The van der Waals surface area contributed by atoms with Crippen LogP contribution in [-0.2, 0) is 4.52 Å². The van der Waals surface area contributed by atoms with Crippen molar-refractivity contribution in [2.75, 3.05) is 13.2 Å². The lowest BCUT2D eigenvalue weighted by Crippen LogP contribution is -2.24. The van der Waals surface area contributed by atoms with Crippen molar-refractivity contribution < 1.29 is 24.9 Å². The molecule has 1 aliphatic carbocycles. The summed E-state index contributed by atoms with van der Waals surface area (Å²) >= 11 is 0. The average Bonchev–Trinajstić information content (AvgIpc) is 2.82. The molecule has 1 saturated carbocycles. The zero-order valence-corrected chi connectivity index (χ0v) is 14.6. The van der Waals surface area contributed by atoms with Gasteiger partial charge in [0.15, 0.2) is 0 Å². The topological polar surface area (TPSA) is 90.2 Å². The molecule has 6 atom stereocenters. The number of rotatable bonds is 12. The SMILES string of the molecule is OCCCCCC(O)CCC1[C@@H](CCCO)[C@@H](O)C[C@H]1OP. The molecule has 1 fully saturated rings. The number of aliphatic hydroxyl groups excluding tert-OH is 4. The molecular formula is C16H33O5P. The van der Waals surface area contributed by atoms with Gasteiger partial charge in [0.05, 0.1) is 18.3 Å². The summed E-state index contributed by atoms with van der Waals surface area (Å²) in [6.45, 7) is 0.367. The molecule has 5 nitrogen and oxygen atoms in total. The Hall–Kier alpha value is 0.230. The summed E-state index contributed by atoms with van der Waals surface area (Å²) < 4.78 is 5.43. The van der Waals surface area contributed by atoms with Crippen molar-refractivity contribution in [1.29, 1.82) is 0 Å². The van der Waals surface area contributed by atoms with Crippen molar-refractivity contribution in [1.82, 2.24) is 0 Å². The van der Waals surface area contributed by atoms with Crippen LogP contribution >= 0.6 is 9.47 Å². The van der Waals surface area contributed by atoms with Gasteiger partial charge < -0.3 is 24.9 Å². The van der Waals surface area contributed by atoms with Crippen molar-refractivity contribution in [2.24, 2.45) is 11.8 Å². The van der Waals surface area contributed by atoms with E-state index in [9.17, 15) is 10.2 Å². The van der Waals surface area contributed by atoms with E-state index < -0.39 is 0 Å². The van der Waals surface area contributed by atoms with E-state index in [2.05, 4.69) is 9.47 Å². The second-order valence-corrected chi connectivity index (χ2v) is 6.75. The van der Waals surface area contributed by atoms with Gasteiger partial charge in [-0.15, -0.1) is 0 Å². The minimum Gasteiger partial charge on any atom is -0.396 e. The third-order valence-electron chi connectivity index (χ3n) is 4.89. The third-order valence-corrected chi connectivity index (χ3v) is 5.24. The molecule has 0 aromatic carbocycles. The molecule has 0 saturated heterocycles. The standard InChI is InChI=1S/C16H33O5P/c17-9-3-1-2-5-12(19)7-8-14-13(6-4-10-18)15(20)11-16(14)21-22/h12-20H,1-11,22H2/t12?,13-,14?,15+,16-/m1/s1. The molecule has 22 heavy (non-hydrogen) atoms. The molecular weight excluding hydrogens is 303 g/mol. The molecule has 0 amide bonds. The Labute approximate surface area is 136 Å². The highest BCUT2D eigenvalue weighted by Crippen LogP contribution is 2.41. The van der Waals surface area contributed by atoms with Crippen LogP contribution in [0, 0.1) is 11.8 Å². The quantitative estimate of drug-likeness (QED) is 0.321. The second-order valence-electron chi connectivity index (χ2n) is 6.48. The zero-order chi connectivity index (χ0) is 16.4. The van der Waals surface area contributed by atoms with Crippen LogP contribution in [0.4, 0.5) is 0 Å². The normalized spacial score (nSPS) is 29.9. The van der Waals surface area contributed by atoms with E-state index in [4.69, 9.17) is 14.7 Å². The molecule has 0 aromatic heterocycles. The van der Waals surface area contributed by atoms with Crippen LogP contribution in [-0.4, -0.2) is 52.0 Å². The predicted octanol–water partition coefficient (Wildman–Crippen LogP) is 1.62. The molecule has 0 heterocycles. The summed E-state index contributed by atoms with van der Waals surface area (Å²) in [6, 6.07) is 0. The number of aliphatic hydroxyl groups is 4. The lowest BCUT2D eigenvalue weighted by molar-refractivity contribution is 0.0874. The van der Waals surface area contributed by atoms with Gasteiger partial charge in [0.25, 0.3) is 0 Å². The summed E-state index contributed by atoms with van der Waals surface area (Å²) in [5, 5.41) is 38.0. The summed E-state index contributed by atoms with van der Waals surface area (Å²) in [5.41, 5.74) is 0. The first kappa shape index (κ1) is 20.3. The number of unbranched alkanes of at least 4 members (excludes halogenated alkanes) is 2. The highest BCUT2D eigenvalue weighted by molar-refractivity contribution is 7.09. The van der Waals surface area contributed by atoms with E-state index in [1.807, 2.05) is 0 Å². The van der Waals surface area contributed by atoms with Crippen LogP contribution < -0.4 is 0 Å². The predicted molar refractivity (Wildman–Crippen MR) is 89.3 cm³/mol. The maximum Gasteiger partial charge on any atom is 0.0667 e. The first-order chi connectivity index (χ1) is 10.6. The second kappa shape index (κ2) is 11.7. The molecule has 0 bridgehead atoms. The Kier molecular flexibility index (Phi) is 10.8. The van der Waals surface area contributed by atoms with Crippen LogP contribution in [0.3, 0.4) is 0 Å². The first-order valence-corrected chi connectivity index (χ1v) is 9.04. The molecule has 1 aliphatic rings. The molecule has 0 radical (unpaired) electrons. The van der Waals surface area contributed by atoms with Crippen LogP contribution in [0.2, 0.25) is 0 Å². The minimum atomic E-state index is -0.371. The number of hydrogen-bond donors (Lipinski definition) is 4. The molecule has 4 N–H and O–H groups in total. The van der Waals surface area contributed by atoms with Gasteiger partial charge in [0, 0.05) is 29.1 Å². The van der Waals surface area contributed by atoms with Crippen LogP contribution in [0.25, 0.3) is 0 Å². The van der Waals surface area contributed by atoms with Crippen LogP contribution in [0.5, 0.6) is 0 Å². The van der Waals surface area contributed by atoms with Gasteiger partial charge in [-0.1, -0.05) is 12.8 Å². The van der Waals surface area contributed by atoms with E-state index >= 15 is 0 Å². The van der Waals surface area contributed by atoms with Gasteiger partial charge >= 0.3 is 0 Å². The Morgan fingerprint density at radius 2 is 1.68 bits per heavy atom. The van der Waals surface area contributed by atoms with Gasteiger partial charge in [0.1, 0.15) is 0 Å². The largest absolute Gasteiger partial charge is 0.396 e. The molecule has 1 rings (SSSR count). The Morgan fingerprint density at radius 1 is 0.955 bits per heavy atom. The molecule has 0 spiro atoms. The van der Waals surface area contributed by atoms with E-state index in [-0.39, 0.29) is 43.4 Å². The molecule has 0 aromatic rings. The van der Waals surface area contributed by atoms with Gasteiger partial charge in [-0.3, -0.25) is 0 Å². The van der Waals surface area contributed by atoms with Gasteiger partial charge in [-0.05, 0) is 50.4 Å². The Balaban J connectivity index is 2.38. The lowest BCUT2D eigenvalue weighted by Gasteiger charge is -2.25. The smallest absolute Gasteiger partial charge is 0.0667 e. The average molecular weight is 336 g/mol. The fourth-order valence-corrected chi connectivity index (χ4v) is 3.95. The van der Waals surface area contributed by atoms with Gasteiger partial charge in [-0.25, -0.2) is 0 Å². The molecule has 0 aliphatic heterocycles. The van der Waals surface area contributed by atoms with E-state index in [0.717, 1.165) is 44.9 Å². The Morgan fingerprint density at radius 3 is 2.32 bits per heavy atom. The summed E-state index contributed by atoms with van der Waals surface area (Å²) in [5.74, 6) is 0.394. The van der Waals surface area contributed by atoms with Crippen molar-refractivity contribution in [2.45, 2.75) is 76.1 Å². The van der Waals surface area contributed by atoms with E-state index in [1.165, 1.54) is 0 Å². The van der Waals surface area contributed by atoms with Crippen molar-refractivity contribution >= 4 is 9.47 Å². The maximum atomic E-state index is 10.2. The van der Waals surface area contributed by atoms with Gasteiger partial charge in [0.2, 0.25) is 0 Å². The minimum absolute atomic E-state index is 0.0188. The van der Waals surface area contributed by atoms with E-state index in [1.54, 1.807) is 0 Å². The van der Waals surface area contributed by atoms with Crippen LogP contribution in [0.15, 0.2) is 0 Å². The van der Waals surface area contributed by atoms with Crippen LogP contribution in [0.1, 0.15) is 57.8 Å². The molecule has 132 valence electrons. The third kappa shape index (κ3) is 6.77. The maximum absolute atomic E-state index is 10.2. The first-order valence-electron chi connectivity index (χ1n) is 8.57. The summed E-state index contributed by atoms with van der Waals surface area (Å²) in [4.78, 5) is 0. The fraction of sp³-hybridized carbons (Fsp3) is 1.00. The summed E-state index contributed by atoms with van der Waals surface area (Å²) in [6.07, 6.45) is 6.48. The fourth-order valence-electron chi connectivity index (χ4n) is 3.64. The van der Waals surface area contributed by atoms with Crippen molar-refractivity contribution in [3.8, 4) is 0 Å². The zero-order valence-electron chi connectivity index (χ0n) is 13.4. The lowest BCUT2D eigenvalue weighted by atomic mass is 9.85. The monoisotopic (exact) mass is 336 g/mol. The van der Waals surface area contributed by atoms with Gasteiger partial charge in [-0.2, -0.15) is 0 Å². The molecule has 6 heteroatoms. The number of hydrogen-bond acceptors (Lipinski definition) is 5. The molecule has 3 unspecified atom stereocenters. The highest BCUT2D eigenvalue weighted by Gasteiger charge is 2.41. The van der Waals surface area contributed by atoms with Crippen molar-refractivity contribution in [3.63, 3.8) is 0 Å². The van der Waals surface area contributed by atoms with Crippen molar-refractivity contribution in [3.05, 3.63) is 0 Å². The Bertz CT molecular complexity index is 279. The highest BCUT2D eigenvalue weighted by atomic mass is 31.0. The summed E-state index contributed by atoms with van der Waals surface area (Å²) in [7, 11) is 2.30. The van der Waals surface area contributed by atoms with E-state index in [0.29, 0.717) is 12.8 Å².